The van der Waals surface area contributed by atoms with Gasteiger partial charge >= 0.3 is 5.97 Å². The van der Waals surface area contributed by atoms with Crippen molar-refractivity contribution in [2.45, 2.75) is 10.1 Å². The second-order valence-electron chi connectivity index (χ2n) is 6.41. The zero-order chi connectivity index (χ0) is 18.4. The van der Waals surface area contributed by atoms with E-state index < -0.39 is 5.97 Å². The van der Waals surface area contributed by atoms with Gasteiger partial charge in [-0.1, -0.05) is 66.7 Å². The van der Waals surface area contributed by atoms with Crippen molar-refractivity contribution in [2.24, 2.45) is 0 Å². The van der Waals surface area contributed by atoms with Crippen LogP contribution in [0.25, 0.3) is 5.76 Å². The fourth-order valence-corrected chi connectivity index (χ4v) is 4.87. The lowest BCUT2D eigenvalue weighted by Gasteiger charge is -2.23. The summed E-state index contributed by atoms with van der Waals surface area (Å²) in [6, 6.07) is 24.6. The third-order valence-electron chi connectivity index (χ3n) is 4.82. The molecule has 3 aromatic rings. The Morgan fingerprint density at radius 1 is 0.704 bits per heavy atom. The minimum Gasteiger partial charge on any atom is -0.422 e. The molecule has 0 N–H and O–H groups in total. The Morgan fingerprint density at radius 2 is 1.33 bits per heavy atom. The van der Waals surface area contributed by atoms with Gasteiger partial charge in [0.15, 0.2) is 5.78 Å². The van der Waals surface area contributed by atoms with Gasteiger partial charge in [0.25, 0.3) is 0 Å². The number of esters is 1. The monoisotopic (exact) mass is 370 g/mol. The van der Waals surface area contributed by atoms with Gasteiger partial charge in [0, 0.05) is 16.0 Å². The molecule has 0 spiro atoms. The highest BCUT2D eigenvalue weighted by molar-refractivity contribution is 7.99. The zero-order valence-electron chi connectivity index (χ0n) is 14.2. The average molecular weight is 370 g/mol. The molecule has 1 unspecified atom stereocenters. The molecule has 2 aliphatic rings. The van der Waals surface area contributed by atoms with Crippen LogP contribution < -0.4 is 0 Å². The molecular weight excluding hydrogens is 356 g/mol. The lowest BCUT2D eigenvalue weighted by atomic mass is 10.0. The summed E-state index contributed by atoms with van der Waals surface area (Å²) < 4.78 is 5.80. The van der Waals surface area contributed by atoms with E-state index in [4.69, 9.17) is 4.74 Å². The van der Waals surface area contributed by atoms with Crippen LogP contribution in [0, 0.1) is 0 Å². The van der Waals surface area contributed by atoms with E-state index in [2.05, 4.69) is 0 Å². The molecular formula is C23H14O3S. The molecule has 1 atom stereocenters. The maximum Gasteiger partial charge on any atom is 0.344 e. The van der Waals surface area contributed by atoms with Crippen LogP contribution in [-0.2, 0) is 4.74 Å². The van der Waals surface area contributed by atoms with Crippen LogP contribution in [-0.4, -0.2) is 11.8 Å². The molecule has 0 bridgehead atoms. The molecule has 4 heteroatoms. The van der Waals surface area contributed by atoms with Crippen LogP contribution in [0.3, 0.4) is 0 Å². The third-order valence-corrected chi connectivity index (χ3v) is 6.17. The number of rotatable bonds is 1. The van der Waals surface area contributed by atoms with Crippen molar-refractivity contribution in [2.75, 3.05) is 0 Å². The maximum absolute atomic E-state index is 13.2. The molecule has 0 amide bonds. The average Bonchev–Trinajstić information content (AvgIpc) is 2.97. The highest BCUT2D eigenvalue weighted by Crippen LogP contribution is 2.50. The number of ketones is 1. The molecule has 1 aliphatic heterocycles. The molecule has 5 rings (SSSR count). The van der Waals surface area contributed by atoms with Crippen molar-refractivity contribution < 1.29 is 14.3 Å². The summed E-state index contributed by atoms with van der Waals surface area (Å²) in [4.78, 5) is 26.8. The number of benzene rings is 3. The molecule has 0 saturated heterocycles. The minimum atomic E-state index is -0.429. The number of carbonyl (C=O) groups excluding carboxylic acids is 2. The largest absolute Gasteiger partial charge is 0.422 e. The highest BCUT2D eigenvalue weighted by atomic mass is 32.2. The predicted octanol–water partition coefficient (Wildman–Crippen LogP) is 5.30. The number of hydrogen-bond acceptors (Lipinski definition) is 4. The molecule has 27 heavy (non-hydrogen) atoms. The molecule has 3 nitrogen and oxygen atoms in total. The van der Waals surface area contributed by atoms with E-state index in [1.54, 1.807) is 12.1 Å². The van der Waals surface area contributed by atoms with Crippen molar-refractivity contribution in [1.82, 2.24) is 0 Å². The molecule has 0 fully saturated rings. The fraction of sp³-hybridized carbons (Fsp3) is 0.0435. The summed E-state index contributed by atoms with van der Waals surface area (Å²) >= 11 is 1.52. The minimum absolute atomic E-state index is 0.0749. The van der Waals surface area contributed by atoms with Crippen LogP contribution in [0.5, 0.6) is 0 Å². The van der Waals surface area contributed by atoms with Gasteiger partial charge in [-0.25, -0.2) is 4.79 Å². The molecule has 130 valence electrons. The van der Waals surface area contributed by atoms with Gasteiger partial charge in [-0.05, 0) is 17.7 Å². The highest BCUT2D eigenvalue weighted by Gasteiger charge is 2.39. The van der Waals surface area contributed by atoms with Gasteiger partial charge < -0.3 is 4.74 Å². The van der Waals surface area contributed by atoms with E-state index in [-0.39, 0.29) is 11.0 Å². The second-order valence-corrected chi connectivity index (χ2v) is 7.56. The Balaban J connectivity index is 1.76. The lowest BCUT2D eigenvalue weighted by molar-refractivity contribution is 0.0686. The number of carbonyl (C=O) groups is 2. The maximum atomic E-state index is 13.2. The van der Waals surface area contributed by atoms with Crippen molar-refractivity contribution in [3.63, 3.8) is 0 Å². The molecule has 0 radical (unpaired) electrons. The van der Waals surface area contributed by atoms with Crippen LogP contribution in [0.1, 0.15) is 37.1 Å². The summed E-state index contributed by atoms with van der Waals surface area (Å²) in [7, 11) is 0. The molecule has 0 aromatic heterocycles. The van der Waals surface area contributed by atoms with E-state index in [1.807, 2.05) is 66.7 Å². The molecule has 3 aromatic carbocycles. The van der Waals surface area contributed by atoms with Gasteiger partial charge in [0.05, 0.1) is 16.4 Å². The number of Topliss-reactive ketones (excluding diaryl/α,β-unsaturated/α-hetero) is 1. The number of thioether (sulfide) groups is 1. The first-order chi connectivity index (χ1) is 13.2. The predicted molar refractivity (Wildman–Crippen MR) is 105 cm³/mol. The number of hydrogen-bond donors (Lipinski definition) is 0. The van der Waals surface area contributed by atoms with Gasteiger partial charge in [0.2, 0.25) is 0 Å². The fourth-order valence-electron chi connectivity index (χ4n) is 3.55. The Hall–Kier alpha value is -3.11. The van der Waals surface area contributed by atoms with Gasteiger partial charge in [-0.15, -0.1) is 11.8 Å². The smallest absolute Gasteiger partial charge is 0.344 e. The topological polar surface area (TPSA) is 43.4 Å². The Morgan fingerprint density at radius 3 is 2.11 bits per heavy atom. The van der Waals surface area contributed by atoms with Crippen LogP contribution >= 0.6 is 11.8 Å². The van der Waals surface area contributed by atoms with E-state index in [1.165, 1.54) is 11.8 Å². The Kier molecular flexibility index (Phi) is 3.73. The summed E-state index contributed by atoms with van der Waals surface area (Å²) in [6.07, 6.45) is 0. The summed E-state index contributed by atoms with van der Waals surface area (Å²) in [5.74, 6) is -0.118. The third kappa shape index (κ3) is 2.53. The SMILES string of the molecule is O=C1OC2=C(C(=O)c3ccccc32)C(c2ccccc2)Sc2ccccc21. The first kappa shape index (κ1) is 16.1. The van der Waals surface area contributed by atoms with E-state index in [0.29, 0.717) is 28.0 Å². The molecule has 1 heterocycles. The Labute approximate surface area is 160 Å². The summed E-state index contributed by atoms with van der Waals surface area (Å²) in [5.41, 5.74) is 3.33. The molecule has 0 saturated carbocycles. The summed E-state index contributed by atoms with van der Waals surface area (Å²) in [6.45, 7) is 0. The van der Waals surface area contributed by atoms with E-state index >= 15 is 0 Å². The van der Waals surface area contributed by atoms with Crippen LogP contribution in [0.15, 0.2) is 89.3 Å². The van der Waals surface area contributed by atoms with Crippen molar-refractivity contribution in [1.29, 1.82) is 0 Å². The van der Waals surface area contributed by atoms with Gasteiger partial charge in [-0.2, -0.15) is 0 Å². The molecule has 1 aliphatic carbocycles. The van der Waals surface area contributed by atoms with E-state index in [0.717, 1.165) is 10.5 Å². The first-order valence-corrected chi connectivity index (χ1v) is 9.53. The lowest BCUT2D eigenvalue weighted by Crippen LogP contribution is -2.14. The number of ether oxygens (including phenoxy) is 1. The second kappa shape index (κ2) is 6.25. The van der Waals surface area contributed by atoms with Crippen LogP contribution in [0.4, 0.5) is 0 Å². The number of fused-ring (bicyclic) bond motifs is 3. The zero-order valence-corrected chi connectivity index (χ0v) is 15.0. The standard InChI is InChI=1S/C23H14O3S/c24-20-15-10-4-5-11-16(15)21-19(20)22(14-8-2-1-3-9-14)27-18-13-7-6-12-17(18)23(25)26-21/h1-13,22H. The quantitative estimate of drug-likeness (QED) is 0.545. The first-order valence-electron chi connectivity index (χ1n) is 8.65. The van der Waals surface area contributed by atoms with Crippen LogP contribution in [0.2, 0.25) is 0 Å². The van der Waals surface area contributed by atoms with Crippen molar-refractivity contribution in [3.8, 4) is 0 Å². The van der Waals surface area contributed by atoms with Crippen molar-refractivity contribution in [3.05, 3.63) is 107 Å². The normalized spacial score (nSPS) is 18.1. The van der Waals surface area contributed by atoms with Gasteiger partial charge in [0.1, 0.15) is 5.76 Å². The van der Waals surface area contributed by atoms with Crippen molar-refractivity contribution >= 4 is 29.3 Å². The van der Waals surface area contributed by atoms with E-state index in [9.17, 15) is 9.59 Å². The van der Waals surface area contributed by atoms with Gasteiger partial charge in [-0.3, -0.25) is 4.79 Å². The Bertz CT molecular complexity index is 1120. The summed E-state index contributed by atoms with van der Waals surface area (Å²) in [5, 5.41) is -0.254.